The van der Waals surface area contributed by atoms with E-state index in [2.05, 4.69) is 26.1 Å². The van der Waals surface area contributed by atoms with E-state index in [1.165, 1.54) is 45.1 Å². The summed E-state index contributed by atoms with van der Waals surface area (Å²) in [7, 11) is 0. The smallest absolute Gasteiger partial charge is 0.0478 e. The number of rotatable bonds is 13. The molecule has 0 fully saturated rings. The first-order chi connectivity index (χ1) is 8.27. The van der Waals surface area contributed by atoms with Crippen LogP contribution in [0.25, 0.3) is 0 Å². The zero-order valence-corrected chi connectivity index (χ0v) is 12.3. The van der Waals surface area contributed by atoms with Gasteiger partial charge in [-0.25, -0.2) is 0 Å². The molecule has 0 rings (SSSR count). The molecule has 1 N–H and O–H groups in total. The van der Waals surface area contributed by atoms with Gasteiger partial charge >= 0.3 is 0 Å². The van der Waals surface area contributed by atoms with Gasteiger partial charge in [-0.3, -0.25) is 0 Å². The molecule has 0 unspecified atom stereocenters. The summed E-state index contributed by atoms with van der Waals surface area (Å²) >= 11 is 0. The Morgan fingerprint density at radius 1 is 0.882 bits per heavy atom. The summed E-state index contributed by atoms with van der Waals surface area (Å²) in [5, 5.41) is 3.48. The van der Waals surface area contributed by atoms with Gasteiger partial charge in [-0.1, -0.05) is 46.5 Å². The van der Waals surface area contributed by atoms with Crippen LogP contribution in [0.5, 0.6) is 0 Å². The van der Waals surface area contributed by atoms with Crippen molar-refractivity contribution in [1.82, 2.24) is 5.32 Å². The van der Waals surface area contributed by atoms with Crippen LogP contribution in [0.4, 0.5) is 0 Å². The molecule has 0 saturated heterocycles. The van der Waals surface area contributed by atoms with Crippen LogP contribution in [-0.4, -0.2) is 26.3 Å². The Labute approximate surface area is 109 Å². The quantitative estimate of drug-likeness (QED) is 0.494. The summed E-state index contributed by atoms with van der Waals surface area (Å²) in [5.74, 6) is 0.853. The largest absolute Gasteiger partial charge is 0.381 e. The van der Waals surface area contributed by atoms with Gasteiger partial charge in [0.15, 0.2) is 0 Å². The maximum atomic E-state index is 5.55. The summed E-state index contributed by atoms with van der Waals surface area (Å²) in [5.41, 5.74) is 0. The molecule has 0 heterocycles. The third kappa shape index (κ3) is 15.9. The van der Waals surface area contributed by atoms with E-state index in [-0.39, 0.29) is 0 Å². The minimum atomic E-state index is 0.853. The molecule has 0 saturated carbocycles. The molecule has 2 heteroatoms. The molecule has 0 aromatic heterocycles. The zero-order valence-electron chi connectivity index (χ0n) is 12.3. The molecule has 0 aliphatic rings. The van der Waals surface area contributed by atoms with Crippen molar-refractivity contribution in [2.75, 3.05) is 26.3 Å². The van der Waals surface area contributed by atoms with Gasteiger partial charge in [-0.15, -0.1) is 0 Å². The van der Waals surface area contributed by atoms with E-state index in [1.54, 1.807) is 0 Å². The SMILES string of the molecule is CCCCCOCCCNCCCCC(C)C. The van der Waals surface area contributed by atoms with E-state index in [9.17, 15) is 0 Å². The van der Waals surface area contributed by atoms with E-state index < -0.39 is 0 Å². The highest BCUT2D eigenvalue weighted by Crippen LogP contribution is 2.04. The lowest BCUT2D eigenvalue weighted by molar-refractivity contribution is 0.128. The number of ether oxygens (including phenoxy) is 1. The van der Waals surface area contributed by atoms with E-state index >= 15 is 0 Å². The fourth-order valence-electron chi connectivity index (χ4n) is 1.78. The van der Waals surface area contributed by atoms with Gasteiger partial charge in [0.2, 0.25) is 0 Å². The minimum absolute atomic E-state index is 0.853. The normalized spacial score (nSPS) is 11.3. The fourth-order valence-corrected chi connectivity index (χ4v) is 1.78. The van der Waals surface area contributed by atoms with Crippen molar-refractivity contribution in [2.45, 2.75) is 65.7 Å². The van der Waals surface area contributed by atoms with Crippen molar-refractivity contribution in [3.63, 3.8) is 0 Å². The molecule has 2 nitrogen and oxygen atoms in total. The summed E-state index contributed by atoms with van der Waals surface area (Å²) in [6.07, 6.45) is 8.99. The van der Waals surface area contributed by atoms with Gasteiger partial charge in [-0.2, -0.15) is 0 Å². The third-order valence-electron chi connectivity index (χ3n) is 2.92. The molecule has 0 aromatic rings. The lowest BCUT2D eigenvalue weighted by atomic mass is 10.1. The van der Waals surface area contributed by atoms with Gasteiger partial charge in [0.05, 0.1) is 0 Å². The van der Waals surface area contributed by atoms with Gasteiger partial charge in [0.25, 0.3) is 0 Å². The number of nitrogens with one attached hydrogen (secondary N) is 1. The highest BCUT2D eigenvalue weighted by molar-refractivity contribution is 4.51. The maximum absolute atomic E-state index is 5.55. The van der Waals surface area contributed by atoms with Crippen molar-refractivity contribution in [1.29, 1.82) is 0 Å². The Bertz CT molecular complexity index is 137. The van der Waals surface area contributed by atoms with Crippen LogP contribution in [0.3, 0.4) is 0 Å². The first-order valence-corrected chi connectivity index (χ1v) is 7.55. The first-order valence-electron chi connectivity index (χ1n) is 7.55. The van der Waals surface area contributed by atoms with Crippen LogP contribution in [-0.2, 0) is 4.74 Å². The van der Waals surface area contributed by atoms with Crippen molar-refractivity contribution < 1.29 is 4.74 Å². The third-order valence-corrected chi connectivity index (χ3v) is 2.92. The first kappa shape index (κ1) is 16.9. The average Bonchev–Trinajstić information content (AvgIpc) is 2.30. The van der Waals surface area contributed by atoms with Gasteiger partial charge < -0.3 is 10.1 Å². The molecule has 104 valence electrons. The van der Waals surface area contributed by atoms with Crippen LogP contribution in [0.15, 0.2) is 0 Å². The molecule has 0 spiro atoms. The van der Waals surface area contributed by atoms with E-state index in [4.69, 9.17) is 4.74 Å². The Kier molecular flexibility index (Phi) is 13.9. The fraction of sp³-hybridized carbons (Fsp3) is 1.00. The Hall–Kier alpha value is -0.0800. The van der Waals surface area contributed by atoms with E-state index in [0.29, 0.717) is 0 Å². The van der Waals surface area contributed by atoms with Crippen LogP contribution in [0.1, 0.15) is 65.7 Å². The number of unbranched alkanes of at least 4 members (excludes halogenated alkanes) is 3. The second-order valence-corrected chi connectivity index (χ2v) is 5.31. The number of hydrogen-bond donors (Lipinski definition) is 1. The Morgan fingerprint density at radius 3 is 2.29 bits per heavy atom. The lowest BCUT2D eigenvalue weighted by Gasteiger charge is -2.07. The van der Waals surface area contributed by atoms with Crippen LogP contribution >= 0.6 is 0 Å². The van der Waals surface area contributed by atoms with Crippen LogP contribution in [0, 0.1) is 5.92 Å². The van der Waals surface area contributed by atoms with Crippen molar-refractivity contribution in [2.24, 2.45) is 5.92 Å². The molecule has 0 radical (unpaired) electrons. The van der Waals surface area contributed by atoms with Crippen molar-refractivity contribution in [3.05, 3.63) is 0 Å². The summed E-state index contributed by atoms with van der Waals surface area (Å²) in [6.45, 7) is 11.0. The Balaban J connectivity index is 2.89. The van der Waals surface area contributed by atoms with Gasteiger partial charge in [0, 0.05) is 13.2 Å². The molecule has 0 aliphatic carbocycles. The molecular weight excluding hydrogens is 210 g/mol. The van der Waals surface area contributed by atoms with Crippen LogP contribution in [0.2, 0.25) is 0 Å². The minimum Gasteiger partial charge on any atom is -0.381 e. The summed E-state index contributed by atoms with van der Waals surface area (Å²) < 4.78 is 5.55. The predicted molar refractivity (Wildman–Crippen MR) is 76.5 cm³/mol. The van der Waals surface area contributed by atoms with Crippen molar-refractivity contribution >= 4 is 0 Å². The maximum Gasteiger partial charge on any atom is 0.0478 e. The molecule has 0 amide bonds. The summed E-state index contributed by atoms with van der Waals surface area (Å²) in [4.78, 5) is 0. The monoisotopic (exact) mass is 243 g/mol. The molecule has 17 heavy (non-hydrogen) atoms. The molecule has 0 aliphatic heterocycles. The molecular formula is C15H33NO. The van der Waals surface area contributed by atoms with E-state index in [0.717, 1.165) is 32.1 Å². The highest BCUT2D eigenvalue weighted by atomic mass is 16.5. The second-order valence-electron chi connectivity index (χ2n) is 5.31. The lowest BCUT2D eigenvalue weighted by Crippen LogP contribution is -2.18. The molecule has 0 atom stereocenters. The second kappa shape index (κ2) is 14.0. The van der Waals surface area contributed by atoms with Gasteiger partial charge in [0.1, 0.15) is 0 Å². The molecule has 0 aromatic carbocycles. The standard InChI is InChI=1S/C15H33NO/c1-4-5-8-13-17-14-9-12-16-11-7-6-10-15(2)3/h15-16H,4-14H2,1-3H3. The number of hydrogen-bond acceptors (Lipinski definition) is 2. The van der Waals surface area contributed by atoms with E-state index in [1.807, 2.05) is 0 Å². The van der Waals surface area contributed by atoms with Crippen molar-refractivity contribution in [3.8, 4) is 0 Å². The van der Waals surface area contributed by atoms with Crippen LogP contribution < -0.4 is 5.32 Å². The molecule has 0 bridgehead atoms. The predicted octanol–water partition coefficient (Wildman–Crippen LogP) is 4.00. The summed E-state index contributed by atoms with van der Waals surface area (Å²) in [6, 6.07) is 0. The topological polar surface area (TPSA) is 21.3 Å². The highest BCUT2D eigenvalue weighted by Gasteiger charge is 1.94. The Morgan fingerprint density at radius 2 is 1.59 bits per heavy atom. The zero-order chi connectivity index (χ0) is 12.8. The average molecular weight is 243 g/mol. The van der Waals surface area contributed by atoms with Gasteiger partial charge in [-0.05, 0) is 38.3 Å².